The smallest absolute Gasteiger partial charge is 0.475 e. The summed E-state index contributed by atoms with van der Waals surface area (Å²) in [5.41, 5.74) is 2.85. The second-order valence-electron chi connectivity index (χ2n) is 7.23. The van der Waals surface area contributed by atoms with Gasteiger partial charge in [-0.25, -0.2) is 14.6 Å². The Hall–Kier alpha value is -3.21. The molecule has 0 saturated heterocycles. The standard InChI is InChI=1S/C18H21BN4O9S.BrH/c1-18(2,16(28)29)32-23-12(10-7-33-17(20)21-10)14(25)22-11(19(30)31)6-8-4-3-5-9(13(8)24)15(26)27;/h3-5,7,11,24,30-31H,6H2,1-2H3,(H2,20,21)(H,22,25)(H,26,27)(H,28,29);1H/b23-12-;/t11-;/m0./s1. The Morgan fingerprint density at radius 2 is 1.94 bits per heavy atom. The van der Waals surface area contributed by atoms with E-state index < -0.39 is 53.5 Å². The number of para-hydroxylation sites is 1. The molecule has 13 nitrogen and oxygen atoms in total. The fourth-order valence-corrected chi connectivity index (χ4v) is 2.98. The van der Waals surface area contributed by atoms with Crippen LogP contribution in [0.15, 0.2) is 28.7 Å². The highest BCUT2D eigenvalue weighted by molar-refractivity contribution is 8.93. The van der Waals surface area contributed by atoms with E-state index in [1.54, 1.807) is 0 Å². The second-order valence-corrected chi connectivity index (χ2v) is 8.12. The Balaban J connectivity index is 0.00000578. The highest BCUT2D eigenvalue weighted by Gasteiger charge is 2.33. The summed E-state index contributed by atoms with van der Waals surface area (Å²) in [6, 6.07) is 3.84. The number of anilines is 1. The first kappa shape index (κ1) is 28.8. The van der Waals surface area contributed by atoms with Crippen molar-refractivity contribution in [2.24, 2.45) is 5.16 Å². The van der Waals surface area contributed by atoms with Crippen molar-refractivity contribution in [3.05, 3.63) is 40.4 Å². The molecule has 0 unspecified atom stereocenters. The maximum atomic E-state index is 12.9. The van der Waals surface area contributed by atoms with Crippen LogP contribution >= 0.6 is 28.3 Å². The molecule has 1 amide bonds. The van der Waals surface area contributed by atoms with E-state index in [1.807, 2.05) is 0 Å². The van der Waals surface area contributed by atoms with Crippen LogP contribution in [-0.2, 0) is 20.8 Å². The SMILES string of the molecule is Br.CC(C)(O/N=C(\C(=O)N[C@@H](Cc1cccc(C(=O)O)c1O)B(O)O)c1csc(N)n1)C(=O)O. The first-order chi connectivity index (χ1) is 15.3. The van der Waals surface area contributed by atoms with Crippen molar-refractivity contribution in [3.63, 3.8) is 0 Å². The lowest BCUT2D eigenvalue weighted by molar-refractivity contribution is -0.161. The molecule has 2 aromatic rings. The number of aromatic nitrogens is 1. The van der Waals surface area contributed by atoms with Gasteiger partial charge in [0.1, 0.15) is 17.0 Å². The summed E-state index contributed by atoms with van der Waals surface area (Å²) in [5, 5.41) is 55.3. The summed E-state index contributed by atoms with van der Waals surface area (Å²) in [6.07, 6.45) is -0.371. The fourth-order valence-electron chi connectivity index (χ4n) is 2.43. The van der Waals surface area contributed by atoms with E-state index in [0.717, 1.165) is 17.4 Å². The highest BCUT2D eigenvalue weighted by Crippen LogP contribution is 2.24. The third kappa shape index (κ3) is 7.15. The van der Waals surface area contributed by atoms with Crippen LogP contribution in [0.25, 0.3) is 0 Å². The van der Waals surface area contributed by atoms with Crippen LogP contribution in [0, 0.1) is 0 Å². The first-order valence-corrected chi connectivity index (χ1v) is 10.1. The van der Waals surface area contributed by atoms with Gasteiger partial charge in [0.2, 0.25) is 5.60 Å². The van der Waals surface area contributed by atoms with E-state index in [-0.39, 0.29) is 39.8 Å². The number of rotatable bonds is 10. The molecule has 0 aliphatic rings. The number of nitrogen functional groups attached to an aromatic ring is 1. The second kappa shape index (κ2) is 11.8. The van der Waals surface area contributed by atoms with Crippen LogP contribution < -0.4 is 11.1 Å². The summed E-state index contributed by atoms with van der Waals surface area (Å²) < 4.78 is 0. The summed E-state index contributed by atoms with van der Waals surface area (Å²) in [4.78, 5) is 44.2. The van der Waals surface area contributed by atoms with Gasteiger partial charge in [-0.1, -0.05) is 17.3 Å². The molecule has 34 heavy (non-hydrogen) atoms. The van der Waals surface area contributed by atoms with Crippen LogP contribution in [0.1, 0.15) is 35.5 Å². The maximum Gasteiger partial charge on any atom is 0.475 e. The van der Waals surface area contributed by atoms with Crippen molar-refractivity contribution in [2.45, 2.75) is 31.8 Å². The van der Waals surface area contributed by atoms with Gasteiger partial charge < -0.3 is 41.3 Å². The Morgan fingerprint density at radius 1 is 1.29 bits per heavy atom. The number of nitrogens with zero attached hydrogens (tertiary/aromatic N) is 2. The number of halogens is 1. The molecule has 0 fully saturated rings. The molecular formula is C18H22BBrN4O9S. The van der Waals surface area contributed by atoms with Gasteiger partial charge in [-0.3, -0.25) is 4.79 Å². The van der Waals surface area contributed by atoms with Crippen molar-refractivity contribution in [1.82, 2.24) is 10.3 Å². The monoisotopic (exact) mass is 560 g/mol. The number of oxime groups is 1. The number of carbonyl (C=O) groups is 3. The number of nitrogens with one attached hydrogen (secondary N) is 1. The summed E-state index contributed by atoms with van der Waals surface area (Å²) in [7, 11) is -2.13. The molecule has 8 N–H and O–H groups in total. The number of nitrogens with two attached hydrogens (primary N) is 1. The molecule has 0 aliphatic heterocycles. The average Bonchev–Trinajstić information content (AvgIpc) is 3.14. The summed E-state index contributed by atoms with van der Waals surface area (Å²) in [6.45, 7) is 2.39. The minimum absolute atomic E-state index is 0. The van der Waals surface area contributed by atoms with Crippen LogP contribution in [-0.4, -0.2) is 72.6 Å². The van der Waals surface area contributed by atoms with Crippen LogP contribution in [0.2, 0.25) is 0 Å². The number of phenols is 1. The topological polar surface area (TPSA) is 225 Å². The van der Waals surface area contributed by atoms with Crippen molar-refractivity contribution in [3.8, 4) is 5.75 Å². The first-order valence-electron chi connectivity index (χ1n) is 9.25. The Morgan fingerprint density at radius 3 is 2.44 bits per heavy atom. The van der Waals surface area contributed by atoms with Gasteiger partial charge in [0, 0.05) is 5.38 Å². The quantitative estimate of drug-likeness (QED) is 0.116. The highest BCUT2D eigenvalue weighted by atomic mass is 79.9. The van der Waals surface area contributed by atoms with Gasteiger partial charge in [-0.2, -0.15) is 0 Å². The molecule has 1 aromatic heterocycles. The number of aromatic hydroxyl groups is 1. The summed E-state index contributed by atoms with van der Waals surface area (Å²) in [5.74, 6) is -5.80. The Kier molecular flexibility index (Phi) is 9.99. The molecule has 0 radical (unpaired) electrons. The maximum absolute atomic E-state index is 12.9. The third-order valence-corrected chi connectivity index (χ3v) is 5.00. The van der Waals surface area contributed by atoms with Gasteiger partial charge in [-0.15, -0.1) is 28.3 Å². The molecule has 0 bridgehead atoms. The van der Waals surface area contributed by atoms with Crippen molar-refractivity contribution in [2.75, 3.05) is 5.73 Å². The van der Waals surface area contributed by atoms with Crippen LogP contribution in [0.5, 0.6) is 5.75 Å². The normalized spacial score (nSPS) is 12.3. The van der Waals surface area contributed by atoms with Crippen LogP contribution in [0.4, 0.5) is 5.13 Å². The van der Waals surface area contributed by atoms with Gasteiger partial charge in [0.05, 0.1) is 5.94 Å². The van der Waals surface area contributed by atoms with E-state index >= 15 is 0 Å². The lowest BCUT2D eigenvalue weighted by atomic mass is 9.75. The zero-order valence-electron chi connectivity index (χ0n) is 17.8. The number of aromatic carboxylic acids is 1. The van der Waals surface area contributed by atoms with E-state index in [1.165, 1.54) is 31.4 Å². The number of amides is 1. The van der Waals surface area contributed by atoms with Crippen molar-refractivity contribution >= 4 is 64.1 Å². The lowest BCUT2D eigenvalue weighted by Gasteiger charge is -2.20. The lowest BCUT2D eigenvalue weighted by Crippen LogP contribution is -2.50. The number of thiazole rings is 1. The van der Waals surface area contributed by atoms with Crippen LogP contribution in [0.3, 0.4) is 0 Å². The molecule has 1 atom stereocenters. The summed E-state index contributed by atoms with van der Waals surface area (Å²) >= 11 is 0.970. The predicted molar refractivity (Wildman–Crippen MR) is 127 cm³/mol. The van der Waals surface area contributed by atoms with E-state index in [2.05, 4.69) is 15.5 Å². The predicted octanol–water partition coefficient (Wildman–Crippen LogP) is 0.0304. The number of hydrogen-bond acceptors (Lipinski definition) is 11. The van der Waals surface area contributed by atoms with Gasteiger partial charge in [0.25, 0.3) is 5.91 Å². The molecule has 16 heteroatoms. The zero-order valence-corrected chi connectivity index (χ0v) is 20.4. The minimum atomic E-state index is -2.13. The largest absolute Gasteiger partial charge is 0.507 e. The average molecular weight is 561 g/mol. The molecule has 1 aromatic carbocycles. The zero-order chi connectivity index (χ0) is 24.9. The van der Waals surface area contributed by atoms with E-state index in [4.69, 9.17) is 15.7 Å². The van der Waals surface area contributed by atoms with Gasteiger partial charge >= 0.3 is 19.1 Å². The molecule has 0 aliphatic carbocycles. The molecule has 2 rings (SSSR count). The minimum Gasteiger partial charge on any atom is -0.507 e. The number of carboxylic acids is 2. The number of benzene rings is 1. The Labute approximate surface area is 207 Å². The fraction of sp³-hybridized carbons (Fsp3) is 0.278. The number of hydrogen-bond donors (Lipinski definition) is 7. The van der Waals surface area contributed by atoms with Crippen molar-refractivity contribution < 1.29 is 44.6 Å². The number of aliphatic carboxylic acids is 1. The number of carbonyl (C=O) groups excluding carboxylic acids is 1. The van der Waals surface area contributed by atoms with Gasteiger partial charge in [-0.05, 0) is 31.9 Å². The molecule has 0 saturated carbocycles. The van der Waals surface area contributed by atoms with Crippen molar-refractivity contribution in [1.29, 1.82) is 0 Å². The van der Waals surface area contributed by atoms with E-state index in [9.17, 15) is 34.6 Å². The molecule has 1 heterocycles. The van der Waals surface area contributed by atoms with E-state index in [0.29, 0.717) is 0 Å². The third-order valence-electron chi connectivity index (χ3n) is 4.33. The Bertz CT molecular complexity index is 1090. The molecular weight excluding hydrogens is 539 g/mol. The number of carboxylic acid groups (broad SMARTS) is 2. The molecule has 0 spiro atoms. The molecule has 184 valence electrons. The van der Waals surface area contributed by atoms with Gasteiger partial charge in [0.15, 0.2) is 10.8 Å².